The van der Waals surface area contributed by atoms with Crippen molar-refractivity contribution in [3.05, 3.63) is 35.4 Å². The zero-order valence-electron chi connectivity index (χ0n) is 11.3. The summed E-state index contributed by atoms with van der Waals surface area (Å²) in [5.41, 5.74) is 5.51. The molecule has 106 valence electrons. The molecule has 0 saturated heterocycles. The lowest BCUT2D eigenvalue weighted by Gasteiger charge is -2.42. The summed E-state index contributed by atoms with van der Waals surface area (Å²) in [5.74, 6) is -1.17. The van der Waals surface area contributed by atoms with Gasteiger partial charge in [0.15, 0.2) is 0 Å². The van der Waals surface area contributed by atoms with E-state index in [1.165, 1.54) is 18.2 Å². The van der Waals surface area contributed by atoms with Crippen LogP contribution in [-0.2, 0) is 4.74 Å². The summed E-state index contributed by atoms with van der Waals surface area (Å²) in [6, 6.07) is 3.10. The summed E-state index contributed by atoms with van der Waals surface area (Å²) in [6.45, 7) is 2.39. The summed E-state index contributed by atoms with van der Waals surface area (Å²) < 4.78 is 33.6. The van der Waals surface area contributed by atoms with Gasteiger partial charge in [-0.05, 0) is 31.9 Å². The Morgan fingerprint density at radius 2 is 1.79 bits per heavy atom. The quantitative estimate of drug-likeness (QED) is 0.904. The molecular weight excluding hydrogens is 248 g/mol. The van der Waals surface area contributed by atoms with Crippen molar-refractivity contribution >= 4 is 0 Å². The van der Waals surface area contributed by atoms with Crippen LogP contribution in [0.15, 0.2) is 18.2 Å². The molecule has 1 aromatic rings. The fourth-order valence-electron chi connectivity index (χ4n) is 3.05. The number of rotatable bonds is 4. The maximum atomic E-state index is 13.9. The van der Waals surface area contributed by atoms with Gasteiger partial charge in [-0.15, -0.1) is 0 Å². The molecule has 0 aromatic heterocycles. The van der Waals surface area contributed by atoms with E-state index < -0.39 is 23.3 Å². The molecule has 1 aromatic carbocycles. The Bertz CT molecular complexity index is 404. The third-order valence-electron chi connectivity index (χ3n) is 4.01. The monoisotopic (exact) mass is 269 g/mol. The van der Waals surface area contributed by atoms with Gasteiger partial charge in [0.1, 0.15) is 11.6 Å². The summed E-state index contributed by atoms with van der Waals surface area (Å²) in [5, 5.41) is 0. The van der Waals surface area contributed by atoms with E-state index in [1.54, 1.807) is 0 Å². The van der Waals surface area contributed by atoms with Crippen LogP contribution in [0.3, 0.4) is 0 Å². The fourth-order valence-corrected chi connectivity index (χ4v) is 3.05. The first-order valence-electron chi connectivity index (χ1n) is 6.94. The molecule has 0 amide bonds. The van der Waals surface area contributed by atoms with Gasteiger partial charge in [-0.3, -0.25) is 0 Å². The first-order chi connectivity index (χ1) is 9.10. The van der Waals surface area contributed by atoms with Gasteiger partial charge >= 0.3 is 0 Å². The third-order valence-corrected chi connectivity index (χ3v) is 4.01. The molecule has 0 aliphatic heterocycles. The minimum atomic E-state index is -0.756. The van der Waals surface area contributed by atoms with Gasteiger partial charge in [-0.25, -0.2) is 8.78 Å². The van der Waals surface area contributed by atoms with Gasteiger partial charge in [0.05, 0.1) is 11.6 Å². The summed E-state index contributed by atoms with van der Waals surface area (Å²) >= 11 is 0. The van der Waals surface area contributed by atoms with Crippen molar-refractivity contribution in [2.75, 3.05) is 6.61 Å². The van der Waals surface area contributed by atoms with Gasteiger partial charge in [0.2, 0.25) is 0 Å². The first-order valence-corrected chi connectivity index (χ1v) is 6.94. The van der Waals surface area contributed by atoms with Crippen LogP contribution in [0.25, 0.3) is 0 Å². The second-order valence-electron chi connectivity index (χ2n) is 5.17. The van der Waals surface area contributed by atoms with E-state index in [4.69, 9.17) is 10.5 Å². The second kappa shape index (κ2) is 5.97. The van der Waals surface area contributed by atoms with Crippen LogP contribution in [0.1, 0.15) is 50.6 Å². The first kappa shape index (κ1) is 14.4. The lowest BCUT2D eigenvalue weighted by molar-refractivity contribution is -0.0842. The Balaban J connectivity index is 2.36. The molecule has 1 aliphatic rings. The maximum absolute atomic E-state index is 13.9. The highest BCUT2D eigenvalue weighted by Crippen LogP contribution is 2.41. The number of hydrogen-bond donors (Lipinski definition) is 1. The topological polar surface area (TPSA) is 35.2 Å². The van der Waals surface area contributed by atoms with Crippen LogP contribution in [0.4, 0.5) is 8.78 Å². The van der Waals surface area contributed by atoms with Crippen LogP contribution in [0.2, 0.25) is 0 Å². The molecular formula is C15H21F2NO. The van der Waals surface area contributed by atoms with Crippen LogP contribution >= 0.6 is 0 Å². The highest BCUT2D eigenvalue weighted by Gasteiger charge is 2.41. The molecule has 4 heteroatoms. The van der Waals surface area contributed by atoms with Gasteiger partial charge in [-0.2, -0.15) is 0 Å². The highest BCUT2D eigenvalue weighted by molar-refractivity contribution is 5.26. The molecule has 0 radical (unpaired) electrons. The van der Waals surface area contributed by atoms with Crippen LogP contribution in [-0.4, -0.2) is 12.2 Å². The number of benzene rings is 1. The van der Waals surface area contributed by atoms with E-state index >= 15 is 0 Å². The minimum Gasteiger partial charge on any atom is -0.373 e. The second-order valence-corrected chi connectivity index (χ2v) is 5.17. The number of nitrogens with two attached hydrogens (primary N) is 1. The fraction of sp³-hybridized carbons (Fsp3) is 0.600. The molecule has 0 bridgehead atoms. The van der Waals surface area contributed by atoms with E-state index in [1.807, 2.05) is 6.92 Å². The van der Waals surface area contributed by atoms with Crippen molar-refractivity contribution in [3.8, 4) is 0 Å². The van der Waals surface area contributed by atoms with Gasteiger partial charge < -0.3 is 10.5 Å². The zero-order valence-corrected chi connectivity index (χ0v) is 11.3. The van der Waals surface area contributed by atoms with Crippen LogP contribution < -0.4 is 5.73 Å². The van der Waals surface area contributed by atoms with E-state index in [0.29, 0.717) is 6.61 Å². The molecule has 2 nitrogen and oxygen atoms in total. The van der Waals surface area contributed by atoms with Crippen molar-refractivity contribution in [1.29, 1.82) is 0 Å². The molecule has 1 fully saturated rings. The van der Waals surface area contributed by atoms with Crippen LogP contribution in [0.5, 0.6) is 0 Å². The smallest absolute Gasteiger partial charge is 0.131 e. The molecule has 1 saturated carbocycles. The zero-order chi connectivity index (χ0) is 13.9. The Labute approximate surface area is 112 Å². The van der Waals surface area contributed by atoms with Crippen molar-refractivity contribution < 1.29 is 13.5 Å². The number of halogens is 2. The van der Waals surface area contributed by atoms with Crippen molar-refractivity contribution in [1.82, 2.24) is 0 Å². The Morgan fingerprint density at radius 1 is 1.21 bits per heavy atom. The minimum absolute atomic E-state index is 0.0437. The number of ether oxygens (including phenoxy) is 1. The SMILES string of the molecule is CCOC1(C(N)c2c(F)cccc2F)CCCCC1. The van der Waals surface area contributed by atoms with E-state index in [2.05, 4.69) is 0 Å². The molecule has 1 aliphatic carbocycles. The predicted molar refractivity (Wildman–Crippen MR) is 70.7 cm³/mol. The Morgan fingerprint density at radius 3 is 2.32 bits per heavy atom. The molecule has 1 atom stereocenters. The molecule has 2 N–H and O–H groups in total. The average molecular weight is 269 g/mol. The summed E-state index contributed by atoms with van der Waals surface area (Å²) in [6.07, 6.45) is 4.63. The summed E-state index contributed by atoms with van der Waals surface area (Å²) in [7, 11) is 0. The van der Waals surface area contributed by atoms with E-state index in [9.17, 15) is 8.78 Å². The third kappa shape index (κ3) is 2.79. The standard InChI is InChI=1S/C15H21F2NO/c1-2-19-15(9-4-3-5-10-15)14(18)13-11(16)7-6-8-12(13)17/h6-8,14H,2-5,9-10,18H2,1H3. The maximum Gasteiger partial charge on any atom is 0.131 e. The predicted octanol–water partition coefficient (Wildman–Crippen LogP) is 3.70. The van der Waals surface area contributed by atoms with E-state index in [0.717, 1.165) is 32.1 Å². The Kier molecular flexibility index (Phi) is 4.53. The van der Waals surface area contributed by atoms with Crippen molar-refractivity contribution in [3.63, 3.8) is 0 Å². The Hall–Kier alpha value is -1.00. The average Bonchev–Trinajstić information content (AvgIpc) is 2.40. The lowest BCUT2D eigenvalue weighted by Crippen LogP contribution is -2.46. The van der Waals surface area contributed by atoms with Gasteiger partial charge in [-0.1, -0.05) is 25.3 Å². The van der Waals surface area contributed by atoms with Crippen molar-refractivity contribution in [2.45, 2.75) is 50.7 Å². The molecule has 19 heavy (non-hydrogen) atoms. The van der Waals surface area contributed by atoms with Crippen molar-refractivity contribution in [2.24, 2.45) is 5.73 Å². The van der Waals surface area contributed by atoms with Gasteiger partial charge in [0.25, 0.3) is 0 Å². The molecule has 2 rings (SSSR count). The highest BCUT2D eigenvalue weighted by atomic mass is 19.1. The van der Waals surface area contributed by atoms with Crippen LogP contribution in [0, 0.1) is 11.6 Å². The molecule has 0 spiro atoms. The summed E-state index contributed by atoms with van der Waals surface area (Å²) in [4.78, 5) is 0. The molecule has 0 heterocycles. The van der Waals surface area contributed by atoms with E-state index in [-0.39, 0.29) is 5.56 Å². The normalized spacial score (nSPS) is 20.2. The lowest BCUT2D eigenvalue weighted by atomic mass is 9.76. The largest absolute Gasteiger partial charge is 0.373 e. The number of hydrogen-bond acceptors (Lipinski definition) is 2. The van der Waals surface area contributed by atoms with Gasteiger partial charge in [0, 0.05) is 12.2 Å². The molecule has 1 unspecified atom stereocenters.